The van der Waals surface area contributed by atoms with Gasteiger partial charge in [-0.05, 0) is 44.6 Å². The van der Waals surface area contributed by atoms with E-state index in [1.165, 1.54) is 4.88 Å². The third kappa shape index (κ3) is 3.37. The zero-order valence-electron chi connectivity index (χ0n) is 13.5. The Morgan fingerprint density at radius 3 is 3.00 bits per heavy atom. The third-order valence-electron chi connectivity index (χ3n) is 4.37. The van der Waals surface area contributed by atoms with E-state index in [0.717, 1.165) is 25.1 Å². The second kappa shape index (κ2) is 6.66. The molecule has 1 atom stereocenters. The molecule has 0 aliphatic carbocycles. The summed E-state index contributed by atoms with van der Waals surface area (Å²) < 4.78 is 0. The minimum atomic E-state index is -0.126. The molecule has 1 saturated heterocycles. The molecule has 0 bridgehead atoms. The van der Waals surface area contributed by atoms with Gasteiger partial charge in [0.15, 0.2) is 0 Å². The van der Waals surface area contributed by atoms with Crippen LogP contribution >= 0.6 is 11.3 Å². The second-order valence-corrected chi connectivity index (χ2v) is 6.96. The Labute approximate surface area is 139 Å². The maximum Gasteiger partial charge on any atom is 0.254 e. The van der Waals surface area contributed by atoms with Gasteiger partial charge >= 0.3 is 0 Å². The van der Waals surface area contributed by atoms with Gasteiger partial charge in [0.2, 0.25) is 5.91 Å². The van der Waals surface area contributed by atoms with E-state index in [2.05, 4.69) is 21.4 Å². The van der Waals surface area contributed by atoms with E-state index < -0.39 is 0 Å². The molecule has 0 spiro atoms. The summed E-state index contributed by atoms with van der Waals surface area (Å²) in [5, 5.41) is 2.05. The van der Waals surface area contributed by atoms with Crippen molar-refractivity contribution in [2.45, 2.75) is 45.6 Å². The van der Waals surface area contributed by atoms with E-state index in [1.54, 1.807) is 18.3 Å². The number of aryl methyl sites for hydroxylation is 2. The molecule has 122 valence electrons. The Balaban J connectivity index is 1.69. The normalized spacial score (nSPS) is 17.7. The van der Waals surface area contributed by atoms with Crippen LogP contribution in [-0.4, -0.2) is 27.3 Å². The maximum atomic E-state index is 12.6. The zero-order valence-corrected chi connectivity index (χ0v) is 14.3. The Morgan fingerprint density at radius 1 is 1.48 bits per heavy atom. The number of aromatic nitrogens is 2. The first-order valence-electron chi connectivity index (χ1n) is 7.95. The number of H-pyrrole nitrogens is 1. The van der Waals surface area contributed by atoms with E-state index in [0.29, 0.717) is 24.2 Å². The monoisotopic (exact) mass is 331 g/mol. The number of carbonyl (C=O) groups is 1. The molecule has 2 aromatic rings. The summed E-state index contributed by atoms with van der Waals surface area (Å²) in [5.41, 5.74) is 1.21. The fourth-order valence-electron chi connectivity index (χ4n) is 3.26. The SMILES string of the molecule is Cc1nc(C)c(CCC(=O)N2CCC[C@@H]2c2cccs2)c(=O)[nH]1. The molecule has 1 fully saturated rings. The minimum Gasteiger partial charge on any atom is -0.335 e. The highest BCUT2D eigenvalue weighted by Crippen LogP contribution is 2.34. The molecule has 3 rings (SSSR count). The van der Waals surface area contributed by atoms with Crippen LogP contribution in [0, 0.1) is 13.8 Å². The number of thiophene rings is 1. The van der Waals surface area contributed by atoms with Crippen LogP contribution in [-0.2, 0) is 11.2 Å². The van der Waals surface area contributed by atoms with Crippen molar-refractivity contribution in [2.75, 3.05) is 6.54 Å². The first-order valence-corrected chi connectivity index (χ1v) is 8.83. The average molecular weight is 331 g/mol. The van der Waals surface area contributed by atoms with E-state index in [9.17, 15) is 9.59 Å². The summed E-state index contributed by atoms with van der Waals surface area (Å²) in [7, 11) is 0. The second-order valence-electron chi connectivity index (χ2n) is 5.98. The maximum absolute atomic E-state index is 12.6. The molecule has 0 saturated carbocycles. The van der Waals surface area contributed by atoms with Gasteiger partial charge in [0.1, 0.15) is 5.82 Å². The van der Waals surface area contributed by atoms with Gasteiger partial charge in [0, 0.05) is 29.1 Å². The van der Waals surface area contributed by atoms with Gasteiger partial charge in [-0.3, -0.25) is 9.59 Å². The molecule has 0 aromatic carbocycles. The van der Waals surface area contributed by atoms with Crippen molar-refractivity contribution >= 4 is 17.2 Å². The predicted molar refractivity (Wildman–Crippen MR) is 90.7 cm³/mol. The van der Waals surface area contributed by atoms with Gasteiger partial charge in [-0.2, -0.15) is 0 Å². The fourth-order valence-corrected chi connectivity index (χ4v) is 4.14. The van der Waals surface area contributed by atoms with Crippen LogP contribution in [0.25, 0.3) is 0 Å². The molecule has 6 heteroatoms. The van der Waals surface area contributed by atoms with Gasteiger partial charge in [0.05, 0.1) is 6.04 Å². The Kier molecular flexibility index (Phi) is 4.61. The molecule has 1 aliphatic rings. The molecule has 3 heterocycles. The summed E-state index contributed by atoms with van der Waals surface area (Å²) in [6.07, 6.45) is 2.87. The van der Waals surface area contributed by atoms with Crippen molar-refractivity contribution in [1.82, 2.24) is 14.9 Å². The van der Waals surface area contributed by atoms with Gasteiger partial charge < -0.3 is 9.88 Å². The highest BCUT2D eigenvalue weighted by Gasteiger charge is 2.30. The van der Waals surface area contributed by atoms with Crippen molar-refractivity contribution in [3.8, 4) is 0 Å². The molecule has 1 aliphatic heterocycles. The summed E-state index contributed by atoms with van der Waals surface area (Å²) in [4.78, 5) is 34.9. The van der Waals surface area contributed by atoms with Crippen LogP contribution in [0.3, 0.4) is 0 Å². The van der Waals surface area contributed by atoms with Crippen molar-refractivity contribution in [3.05, 3.63) is 49.8 Å². The van der Waals surface area contributed by atoms with Crippen LogP contribution in [0.4, 0.5) is 0 Å². The van der Waals surface area contributed by atoms with Crippen LogP contribution in [0.1, 0.15) is 47.3 Å². The van der Waals surface area contributed by atoms with Crippen molar-refractivity contribution < 1.29 is 4.79 Å². The van der Waals surface area contributed by atoms with Crippen LogP contribution in [0.5, 0.6) is 0 Å². The van der Waals surface area contributed by atoms with E-state index >= 15 is 0 Å². The van der Waals surface area contributed by atoms with E-state index in [4.69, 9.17) is 0 Å². The molecule has 5 nitrogen and oxygen atoms in total. The third-order valence-corrected chi connectivity index (χ3v) is 5.35. The smallest absolute Gasteiger partial charge is 0.254 e. The van der Waals surface area contributed by atoms with Gasteiger partial charge in [0.25, 0.3) is 5.56 Å². The van der Waals surface area contributed by atoms with Gasteiger partial charge in [-0.25, -0.2) is 4.98 Å². The number of rotatable bonds is 4. The van der Waals surface area contributed by atoms with Gasteiger partial charge in [-0.1, -0.05) is 6.07 Å². The first kappa shape index (κ1) is 15.9. The number of hydrogen-bond acceptors (Lipinski definition) is 4. The molecule has 2 aromatic heterocycles. The molecule has 0 radical (unpaired) electrons. The Hall–Kier alpha value is -1.95. The molecular weight excluding hydrogens is 310 g/mol. The number of likely N-dealkylation sites (tertiary alicyclic amines) is 1. The standard InChI is InChI=1S/C17H21N3O2S/c1-11-13(17(22)19-12(2)18-11)7-8-16(21)20-9-3-5-14(20)15-6-4-10-23-15/h4,6,10,14H,3,5,7-9H2,1-2H3,(H,18,19,22)/t14-/m1/s1. The topological polar surface area (TPSA) is 66.1 Å². The highest BCUT2D eigenvalue weighted by atomic mass is 32.1. The highest BCUT2D eigenvalue weighted by molar-refractivity contribution is 7.10. The summed E-state index contributed by atoms with van der Waals surface area (Å²) in [6.45, 7) is 4.40. The fraction of sp³-hybridized carbons (Fsp3) is 0.471. The summed E-state index contributed by atoms with van der Waals surface area (Å²) in [5.74, 6) is 0.736. The van der Waals surface area contributed by atoms with Crippen molar-refractivity contribution in [3.63, 3.8) is 0 Å². The lowest BCUT2D eigenvalue weighted by Gasteiger charge is -2.24. The molecular formula is C17H21N3O2S. The van der Waals surface area contributed by atoms with E-state index in [1.807, 2.05) is 17.9 Å². The molecule has 1 N–H and O–H groups in total. The minimum absolute atomic E-state index is 0.125. The zero-order chi connectivity index (χ0) is 16.4. The first-order chi connectivity index (χ1) is 11.1. The Morgan fingerprint density at radius 2 is 2.30 bits per heavy atom. The largest absolute Gasteiger partial charge is 0.335 e. The van der Waals surface area contributed by atoms with Crippen LogP contribution < -0.4 is 5.56 Å². The van der Waals surface area contributed by atoms with Crippen molar-refractivity contribution in [1.29, 1.82) is 0 Å². The molecule has 1 amide bonds. The number of nitrogens with one attached hydrogen (secondary N) is 1. The number of amides is 1. The average Bonchev–Trinajstić information content (AvgIpc) is 3.16. The lowest BCUT2D eigenvalue weighted by molar-refractivity contribution is -0.132. The predicted octanol–water partition coefficient (Wildman–Crippen LogP) is 2.74. The number of nitrogens with zero attached hydrogens (tertiary/aromatic N) is 2. The summed E-state index contributed by atoms with van der Waals surface area (Å²) >= 11 is 1.70. The van der Waals surface area contributed by atoms with Crippen molar-refractivity contribution in [2.24, 2.45) is 0 Å². The number of carbonyl (C=O) groups excluding carboxylic acids is 1. The Bertz CT molecular complexity index is 752. The summed E-state index contributed by atoms with van der Waals surface area (Å²) in [6, 6.07) is 4.33. The lowest BCUT2D eigenvalue weighted by Crippen LogP contribution is -2.31. The van der Waals surface area contributed by atoms with Gasteiger partial charge in [-0.15, -0.1) is 11.3 Å². The number of aromatic amines is 1. The lowest BCUT2D eigenvalue weighted by atomic mass is 10.1. The van der Waals surface area contributed by atoms with E-state index in [-0.39, 0.29) is 17.5 Å². The molecule has 0 unspecified atom stereocenters. The number of hydrogen-bond donors (Lipinski definition) is 1. The van der Waals surface area contributed by atoms with Crippen LogP contribution in [0.15, 0.2) is 22.3 Å². The van der Waals surface area contributed by atoms with Crippen LogP contribution in [0.2, 0.25) is 0 Å². The molecule has 23 heavy (non-hydrogen) atoms. The quantitative estimate of drug-likeness (QED) is 0.937.